The topological polar surface area (TPSA) is 40.5 Å². The van der Waals surface area contributed by atoms with E-state index < -0.39 is 0 Å². The molecule has 0 heterocycles. The standard InChI is InChI=1S/C14H11ClO2/c15-11-7-3-6-10-12(11)14(17)9-5-2-1-4-8(9)13(10)16/h1-5,7,11,16-17H,6H2. The third-order valence-corrected chi connectivity index (χ3v) is 3.57. The maximum absolute atomic E-state index is 10.3. The molecule has 0 saturated carbocycles. The summed E-state index contributed by atoms with van der Waals surface area (Å²) in [5, 5.41) is 21.4. The van der Waals surface area contributed by atoms with Crippen molar-refractivity contribution in [3.05, 3.63) is 47.5 Å². The van der Waals surface area contributed by atoms with E-state index in [4.69, 9.17) is 11.6 Å². The molecule has 0 saturated heterocycles. The minimum atomic E-state index is -0.380. The molecular formula is C14H11ClO2. The van der Waals surface area contributed by atoms with E-state index in [1.54, 1.807) is 12.1 Å². The smallest absolute Gasteiger partial charge is 0.128 e. The molecule has 86 valence electrons. The van der Waals surface area contributed by atoms with Gasteiger partial charge in [0.05, 0.1) is 5.38 Å². The number of fused-ring (bicyclic) bond motifs is 2. The third-order valence-electron chi connectivity index (χ3n) is 3.21. The molecule has 0 fully saturated rings. The largest absolute Gasteiger partial charge is 0.507 e. The van der Waals surface area contributed by atoms with Gasteiger partial charge in [-0.15, -0.1) is 11.6 Å². The number of rotatable bonds is 0. The van der Waals surface area contributed by atoms with Crippen molar-refractivity contribution in [2.75, 3.05) is 0 Å². The minimum Gasteiger partial charge on any atom is -0.507 e. The first-order valence-electron chi connectivity index (χ1n) is 5.46. The molecule has 3 heteroatoms. The van der Waals surface area contributed by atoms with Crippen molar-refractivity contribution in [1.29, 1.82) is 0 Å². The predicted octanol–water partition coefficient (Wildman–Crippen LogP) is 3.64. The molecule has 1 unspecified atom stereocenters. The summed E-state index contributed by atoms with van der Waals surface area (Å²) in [4.78, 5) is 0. The molecule has 3 rings (SSSR count). The van der Waals surface area contributed by atoms with Crippen LogP contribution in [0.4, 0.5) is 0 Å². The Labute approximate surface area is 104 Å². The van der Waals surface area contributed by atoms with Crippen LogP contribution in [0, 0.1) is 0 Å². The number of allylic oxidation sites excluding steroid dienone is 2. The van der Waals surface area contributed by atoms with Crippen LogP contribution in [-0.4, -0.2) is 10.2 Å². The van der Waals surface area contributed by atoms with Crippen LogP contribution in [0.1, 0.15) is 16.5 Å². The average Bonchev–Trinajstić information content (AvgIpc) is 2.36. The molecule has 2 N–H and O–H groups in total. The summed E-state index contributed by atoms with van der Waals surface area (Å²) >= 11 is 6.17. The highest BCUT2D eigenvalue weighted by molar-refractivity contribution is 6.23. The SMILES string of the molecule is Oc1c2c(c(O)c3ccccc13)C(Cl)C=CC2. The van der Waals surface area contributed by atoms with E-state index in [-0.39, 0.29) is 16.9 Å². The summed E-state index contributed by atoms with van der Waals surface area (Å²) < 4.78 is 0. The summed E-state index contributed by atoms with van der Waals surface area (Å²) in [5.41, 5.74) is 1.36. The Hall–Kier alpha value is -1.67. The first-order valence-corrected chi connectivity index (χ1v) is 5.90. The van der Waals surface area contributed by atoms with Gasteiger partial charge in [0.2, 0.25) is 0 Å². The highest BCUT2D eigenvalue weighted by Gasteiger charge is 2.24. The average molecular weight is 247 g/mol. The van der Waals surface area contributed by atoms with Crippen LogP contribution in [0.5, 0.6) is 11.5 Å². The molecule has 0 spiro atoms. The molecule has 1 aliphatic carbocycles. The summed E-state index contributed by atoms with van der Waals surface area (Å²) in [6, 6.07) is 7.25. The van der Waals surface area contributed by atoms with Crippen molar-refractivity contribution in [2.24, 2.45) is 0 Å². The lowest BCUT2D eigenvalue weighted by molar-refractivity contribution is 0.458. The third kappa shape index (κ3) is 1.41. The van der Waals surface area contributed by atoms with Crippen LogP contribution in [-0.2, 0) is 6.42 Å². The van der Waals surface area contributed by atoms with Gasteiger partial charge in [-0.3, -0.25) is 0 Å². The van der Waals surface area contributed by atoms with Crippen LogP contribution in [0.15, 0.2) is 36.4 Å². The van der Waals surface area contributed by atoms with Crippen molar-refractivity contribution in [3.63, 3.8) is 0 Å². The molecule has 17 heavy (non-hydrogen) atoms. The van der Waals surface area contributed by atoms with Gasteiger partial charge in [0, 0.05) is 21.9 Å². The maximum Gasteiger partial charge on any atom is 0.128 e. The van der Waals surface area contributed by atoms with Crippen molar-refractivity contribution in [3.8, 4) is 11.5 Å². The zero-order valence-corrected chi connectivity index (χ0v) is 9.78. The van der Waals surface area contributed by atoms with Gasteiger partial charge in [-0.25, -0.2) is 0 Å². The predicted molar refractivity (Wildman–Crippen MR) is 68.7 cm³/mol. The fourth-order valence-electron chi connectivity index (χ4n) is 2.38. The number of phenols is 2. The molecule has 0 amide bonds. The highest BCUT2D eigenvalue weighted by Crippen LogP contribution is 2.46. The molecule has 1 aliphatic rings. The van der Waals surface area contributed by atoms with E-state index in [0.29, 0.717) is 22.8 Å². The summed E-state index contributed by atoms with van der Waals surface area (Å²) in [7, 11) is 0. The Morgan fingerprint density at radius 2 is 1.71 bits per heavy atom. The number of benzene rings is 2. The first kappa shape index (κ1) is 10.5. The molecule has 1 atom stereocenters. The second-order valence-electron chi connectivity index (χ2n) is 4.17. The summed E-state index contributed by atoms with van der Waals surface area (Å²) in [6.07, 6.45) is 4.34. The van der Waals surface area contributed by atoms with E-state index in [9.17, 15) is 10.2 Å². The van der Waals surface area contributed by atoms with E-state index in [0.717, 1.165) is 5.56 Å². The molecule has 0 aromatic heterocycles. The normalized spacial score (nSPS) is 18.3. The monoisotopic (exact) mass is 246 g/mol. The molecular weight excluding hydrogens is 236 g/mol. The molecule has 2 aromatic carbocycles. The number of alkyl halides is 1. The number of aromatic hydroxyl groups is 2. The van der Waals surface area contributed by atoms with Crippen molar-refractivity contribution < 1.29 is 10.2 Å². The van der Waals surface area contributed by atoms with E-state index >= 15 is 0 Å². The lowest BCUT2D eigenvalue weighted by Crippen LogP contribution is -2.02. The number of hydrogen-bond donors (Lipinski definition) is 2. The Kier molecular flexibility index (Phi) is 2.26. The minimum absolute atomic E-state index is 0.178. The van der Waals surface area contributed by atoms with Crippen molar-refractivity contribution in [2.45, 2.75) is 11.8 Å². The van der Waals surface area contributed by atoms with Gasteiger partial charge in [0.25, 0.3) is 0 Å². The molecule has 2 aromatic rings. The van der Waals surface area contributed by atoms with Crippen molar-refractivity contribution in [1.82, 2.24) is 0 Å². The number of hydrogen-bond acceptors (Lipinski definition) is 2. The Morgan fingerprint density at radius 3 is 2.41 bits per heavy atom. The van der Waals surface area contributed by atoms with Crippen LogP contribution in [0.3, 0.4) is 0 Å². The fraction of sp³-hybridized carbons (Fsp3) is 0.143. The van der Waals surface area contributed by atoms with Crippen LogP contribution >= 0.6 is 11.6 Å². The maximum atomic E-state index is 10.3. The van der Waals surface area contributed by atoms with E-state index in [1.165, 1.54) is 0 Å². The van der Waals surface area contributed by atoms with Crippen LogP contribution in [0.2, 0.25) is 0 Å². The second-order valence-corrected chi connectivity index (χ2v) is 4.64. The van der Waals surface area contributed by atoms with Crippen molar-refractivity contribution >= 4 is 22.4 Å². The lowest BCUT2D eigenvalue weighted by atomic mass is 9.90. The molecule has 0 radical (unpaired) electrons. The first-order chi connectivity index (χ1) is 8.20. The van der Waals surface area contributed by atoms with Gasteiger partial charge in [-0.2, -0.15) is 0 Å². The van der Waals surface area contributed by atoms with E-state index in [2.05, 4.69) is 0 Å². The fourth-order valence-corrected chi connectivity index (χ4v) is 2.72. The second kappa shape index (κ2) is 3.67. The number of halogens is 1. The van der Waals surface area contributed by atoms with Gasteiger partial charge < -0.3 is 10.2 Å². The summed E-state index contributed by atoms with van der Waals surface area (Å²) in [6.45, 7) is 0. The van der Waals surface area contributed by atoms with Gasteiger partial charge in [-0.1, -0.05) is 36.4 Å². The Balaban J connectivity index is 2.47. The van der Waals surface area contributed by atoms with E-state index in [1.807, 2.05) is 24.3 Å². The molecule has 0 bridgehead atoms. The lowest BCUT2D eigenvalue weighted by Gasteiger charge is -2.20. The summed E-state index contributed by atoms with van der Waals surface area (Å²) in [5.74, 6) is 0.404. The Morgan fingerprint density at radius 1 is 1.06 bits per heavy atom. The van der Waals surface area contributed by atoms with Gasteiger partial charge in [0.1, 0.15) is 11.5 Å². The van der Waals surface area contributed by atoms with Crippen LogP contribution in [0.25, 0.3) is 10.8 Å². The molecule has 2 nitrogen and oxygen atoms in total. The number of phenolic OH excluding ortho intramolecular Hbond substituents is 2. The van der Waals surface area contributed by atoms with Gasteiger partial charge >= 0.3 is 0 Å². The zero-order valence-electron chi connectivity index (χ0n) is 9.02. The molecule has 0 aliphatic heterocycles. The van der Waals surface area contributed by atoms with Gasteiger partial charge in [-0.05, 0) is 6.42 Å². The quantitative estimate of drug-likeness (QED) is 0.423. The van der Waals surface area contributed by atoms with Gasteiger partial charge in [0.15, 0.2) is 0 Å². The highest BCUT2D eigenvalue weighted by atomic mass is 35.5. The Bertz CT molecular complexity index is 632. The zero-order chi connectivity index (χ0) is 12.0. The van der Waals surface area contributed by atoms with Crippen LogP contribution < -0.4 is 0 Å².